The molecule has 0 bridgehead atoms. The normalized spacial score (nSPS) is 11.0. The number of anilines is 2. The largest absolute Gasteiger partial charge is 0.355 e. The van der Waals surface area contributed by atoms with Crippen molar-refractivity contribution in [3.63, 3.8) is 0 Å². The summed E-state index contributed by atoms with van der Waals surface area (Å²) in [5.74, 6) is 0. The van der Waals surface area contributed by atoms with E-state index in [-0.39, 0.29) is 5.57 Å². The van der Waals surface area contributed by atoms with Gasteiger partial charge in [-0.3, -0.25) is 0 Å². The number of nitrogens with zero attached hydrogens (tertiary/aromatic N) is 2. The minimum Gasteiger partial charge on any atom is -0.355 e. The van der Waals surface area contributed by atoms with Crippen LogP contribution < -0.4 is 5.32 Å². The standard InChI is InChI=1S/C18H11N3/c19-11-13(12-20)9-10-14-15-5-1-3-7-17(15)21-18-8-4-2-6-16(14)18/h1-10,21H. The molecule has 3 rings (SSSR count). The van der Waals surface area contributed by atoms with Gasteiger partial charge in [0.15, 0.2) is 0 Å². The van der Waals surface area contributed by atoms with Crippen LogP contribution in [0.5, 0.6) is 0 Å². The Morgan fingerprint density at radius 1 is 0.857 bits per heavy atom. The molecule has 0 fully saturated rings. The monoisotopic (exact) mass is 269 g/mol. The SMILES string of the molecule is N#CC(C#N)=CC=C1c2ccccc2Nc2ccccc21. The van der Waals surface area contributed by atoms with Crippen LogP contribution in [0.3, 0.4) is 0 Å². The molecular formula is C18H11N3. The highest BCUT2D eigenvalue weighted by Crippen LogP contribution is 2.40. The molecule has 1 heterocycles. The molecule has 0 aliphatic carbocycles. The Balaban J connectivity index is 2.21. The average Bonchev–Trinajstić information content (AvgIpc) is 2.54. The summed E-state index contributed by atoms with van der Waals surface area (Å²) in [6, 6.07) is 19.7. The van der Waals surface area contributed by atoms with Crippen LogP contribution >= 0.6 is 0 Å². The molecular weight excluding hydrogens is 258 g/mol. The summed E-state index contributed by atoms with van der Waals surface area (Å²) in [6.07, 6.45) is 3.40. The van der Waals surface area contributed by atoms with E-state index in [0.29, 0.717) is 0 Å². The Bertz CT molecular complexity index is 782. The van der Waals surface area contributed by atoms with Crippen LogP contribution in [-0.2, 0) is 0 Å². The summed E-state index contributed by atoms with van der Waals surface area (Å²) in [4.78, 5) is 0. The third-order valence-electron chi connectivity index (χ3n) is 3.36. The zero-order valence-corrected chi connectivity index (χ0v) is 11.2. The van der Waals surface area contributed by atoms with Gasteiger partial charge in [-0.2, -0.15) is 10.5 Å². The smallest absolute Gasteiger partial charge is 0.129 e. The summed E-state index contributed by atoms with van der Waals surface area (Å²) in [5, 5.41) is 21.1. The van der Waals surface area contributed by atoms with Crippen molar-refractivity contribution in [3.8, 4) is 12.1 Å². The second-order valence-electron chi connectivity index (χ2n) is 4.60. The lowest BCUT2D eigenvalue weighted by molar-refractivity contribution is 1.43. The van der Waals surface area contributed by atoms with Crippen molar-refractivity contribution >= 4 is 16.9 Å². The summed E-state index contributed by atoms with van der Waals surface area (Å²) in [6.45, 7) is 0. The second-order valence-corrected chi connectivity index (χ2v) is 4.60. The van der Waals surface area contributed by atoms with Gasteiger partial charge in [-0.1, -0.05) is 42.5 Å². The molecule has 0 saturated carbocycles. The van der Waals surface area contributed by atoms with Crippen LogP contribution in [0.1, 0.15) is 11.1 Å². The maximum atomic E-state index is 8.86. The van der Waals surface area contributed by atoms with Crippen LogP contribution in [0.15, 0.2) is 66.3 Å². The van der Waals surface area contributed by atoms with E-state index in [1.54, 1.807) is 6.08 Å². The minimum absolute atomic E-state index is 0.0935. The van der Waals surface area contributed by atoms with Crippen LogP contribution in [0.4, 0.5) is 11.4 Å². The molecule has 3 nitrogen and oxygen atoms in total. The van der Waals surface area contributed by atoms with Gasteiger partial charge in [0.2, 0.25) is 0 Å². The van der Waals surface area contributed by atoms with Crippen LogP contribution in [0, 0.1) is 22.7 Å². The number of nitrogens with one attached hydrogen (secondary N) is 1. The van der Waals surface area contributed by atoms with Gasteiger partial charge in [-0.25, -0.2) is 0 Å². The highest BCUT2D eigenvalue weighted by Gasteiger charge is 2.18. The number of nitriles is 2. The Morgan fingerprint density at radius 3 is 1.90 bits per heavy atom. The molecule has 98 valence electrons. The second kappa shape index (κ2) is 5.36. The Hall–Kier alpha value is -3.30. The molecule has 0 amide bonds. The number of rotatable bonds is 1. The molecule has 0 atom stereocenters. The first kappa shape index (κ1) is 12.7. The van der Waals surface area contributed by atoms with E-state index in [1.165, 1.54) is 0 Å². The molecule has 21 heavy (non-hydrogen) atoms. The fourth-order valence-electron chi connectivity index (χ4n) is 2.39. The summed E-state index contributed by atoms with van der Waals surface area (Å²) >= 11 is 0. The van der Waals surface area contributed by atoms with E-state index in [0.717, 1.165) is 28.1 Å². The van der Waals surface area contributed by atoms with E-state index in [4.69, 9.17) is 10.5 Å². The average molecular weight is 269 g/mol. The Morgan fingerprint density at radius 2 is 1.38 bits per heavy atom. The topological polar surface area (TPSA) is 59.6 Å². The fraction of sp³-hybridized carbons (Fsp3) is 0. The minimum atomic E-state index is 0.0935. The van der Waals surface area contributed by atoms with Gasteiger partial charge in [0.1, 0.15) is 17.7 Å². The van der Waals surface area contributed by atoms with Gasteiger partial charge in [-0.05, 0) is 23.8 Å². The van der Waals surface area contributed by atoms with Gasteiger partial charge in [0, 0.05) is 22.5 Å². The van der Waals surface area contributed by atoms with Crippen LogP contribution in [-0.4, -0.2) is 0 Å². The van der Waals surface area contributed by atoms with Crippen molar-refractivity contribution in [1.82, 2.24) is 0 Å². The zero-order valence-electron chi connectivity index (χ0n) is 11.2. The van der Waals surface area contributed by atoms with Crippen LogP contribution in [0.25, 0.3) is 5.57 Å². The number of hydrogen-bond donors (Lipinski definition) is 1. The zero-order chi connectivity index (χ0) is 14.7. The molecule has 1 N–H and O–H groups in total. The maximum absolute atomic E-state index is 8.86. The van der Waals surface area contributed by atoms with Crippen molar-refractivity contribution < 1.29 is 0 Å². The van der Waals surface area contributed by atoms with Crippen molar-refractivity contribution in [1.29, 1.82) is 10.5 Å². The van der Waals surface area contributed by atoms with E-state index in [1.807, 2.05) is 66.7 Å². The lowest BCUT2D eigenvalue weighted by atomic mass is 9.91. The molecule has 1 aliphatic rings. The first-order valence-electron chi connectivity index (χ1n) is 6.51. The summed E-state index contributed by atoms with van der Waals surface area (Å²) in [5.41, 5.74) is 5.25. The lowest BCUT2D eigenvalue weighted by Gasteiger charge is -2.23. The van der Waals surface area contributed by atoms with Gasteiger partial charge in [0.25, 0.3) is 0 Å². The highest BCUT2D eigenvalue weighted by molar-refractivity contribution is 5.97. The van der Waals surface area contributed by atoms with Crippen molar-refractivity contribution in [2.75, 3.05) is 5.32 Å². The molecule has 0 radical (unpaired) electrons. The molecule has 0 spiro atoms. The molecule has 2 aromatic carbocycles. The van der Waals surface area contributed by atoms with E-state index >= 15 is 0 Å². The third kappa shape index (κ3) is 2.29. The molecule has 3 heteroatoms. The Kier molecular flexibility index (Phi) is 3.25. The number of para-hydroxylation sites is 2. The predicted molar refractivity (Wildman–Crippen MR) is 82.6 cm³/mol. The first-order chi connectivity index (χ1) is 10.3. The fourth-order valence-corrected chi connectivity index (χ4v) is 2.39. The molecule has 0 aromatic heterocycles. The first-order valence-corrected chi connectivity index (χ1v) is 6.51. The number of benzene rings is 2. The number of fused-ring (bicyclic) bond motifs is 2. The summed E-state index contributed by atoms with van der Waals surface area (Å²) < 4.78 is 0. The maximum Gasteiger partial charge on any atom is 0.129 e. The third-order valence-corrected chi connectivity index (χ3v) is 3.36. The van der Waals surface area contributed by atoms with Gasteiger partial charge in [-0.15, -0.1) is 0 Å². The summed E-state index contributed by atoms with van der Waals surface area (Å²) in [7, 11) is 0. The molecule has 0 unspecified atom stereocenters. The van der Waals surface area contributed by atoms with E-state index < -0.39 is 0 Å². The van der Waals surface area contributed by atoms with Crippen molar-refractivity contribution in [2.45, 2.75) is 0 Å². The predicted octanol–water partition coefficient (Wildman–Crippen LogP) is 4.15. The molecule has 2 aromatic rings. The van der Waals surface area contributed by atoms with Crippen molar-refractivity contribution in [3.05, 3.63) is 77.4 Å². The lowest BCUT2D eigenvalue weighted by Crippen LogP contribution is -2.05. The van der Waals surface area contributed by atoms with Gasteiger partial charge in [0.05, 0.1) is 0 Å². The van der Waals surface area contributed by atoms with E-state index in [9.17, 15) is 0 Å². The molecule has 1 aliphatic heterocycles. The van der Waals surface area contributed by atoms with E-state index in [2.05, 4.69) is 5.32 Å². The van der Waals surface area contributed by atoms with Gasteiger partial charge >= 0.3 is 0 Å². The Labute approximate surface area is 123 Å². The van der Waals surface area contributed by atoms with Crippen molar-refractivity contribution in [2.24, 2.45) is 0 Å². The number of allylic oxidation sites excluding steroid dienone is 3. The highest BCUT2D eigenvalue weighted by atomic mass is 14.9. The molecule has 0 saturated heterocycles. The quantitative estimate of drug-likeness (QED) is 0.675. The van der Waals surface area contributed by atoms with Crippen LogP contribution in [0.2, 0.25) is 0 Å². The van der Waals surface area contributed by atoms with Gasteiger partial charge < -0.3 is 5.32 Å². The number of hydrogen-bond acceptors (Lipinski definition) is 3.